The Bertz CT molecular complexity index is 736. The summed E-state index contributed by atoms with van der Waals surface area (Å²) in [7, 11) is 0. The molecule has 0 saturated carbocycles. The zero-order chi connectivity index (χ0) is 19.7. The molecule has 11 heteroatoms. The second-order valence-electron chi connectivity index (χ2n) is 4.34. The van der Waals surface area contributed by atoms with E-state index in [2.05, 4.69) is 46.7 Å². The lowest BCUT2D eigenvalue weighted by molar-refractivity contribution is -0.105. The van der Waals surface area contributed by atoms with Crippen LogP contribution in [0.15, 0.2) is 45.3 Å². The minimum atomic E-state index is -2.85. The van der Waals surface area contributed by atoms with Crippen LogP contribution in [0.2, 0.25) is 0 Å². The Hall–Kier alpha value is -2.01. The van der Waals surface area contributed by atoms with Gasteiger partial charge in [-0.05, 0) is 68.3 Å². The quantitative estimate of drug-likeness (QED) is 0.321. The highest BCUT2D eigenvalue weighted by atomic mass is 79.9. The van der Waals surface area contributed by atoms with E-state index in [-0.39, 0.29) is 11.5 Å². The lowest BCUT2D eigenvalue weighted by Gasteiger charge is -2.07. The topological polar surface area (TPSA) is 73.6 Å². The number of hydrogen-bond acceptors (Lipinski definition) is 4. The van der Waals surface area contributed by atoms with Crippen LogP contribution >= 0.6 is 31.9 Å². The Morgan fingerprint density at radius 1 is 0.923 bits per heavy atom. The fourth-order valence-corrected chi connectivity index (χ4v) is 2.37. The normalized spacial score (nSPS) is 10.2. The van der Waals surface area contributed by atoms with Gasteiger partial charge in [0.1, 0.15) is 11.5 Å². The third-order valence-corrected chi connectivity index (χ3v) is 3.92. The highest BCUT2D eigenvalue weighted by Gasteiger charge is 2.06. The first-order chi connectivity index (χ1) is 12.2. The molecule has 0 unspecified atom stereocenters. The maximum Gasteiger partial charge on any atom is 0.387 e. The Labute approximate surface area is 162 Å². The van der Waals surface area contributed by atoms with Crippen LogP contribution in [-0.4, -0.2) is 19.6 Å². The summed E-state index contributed by atoms with van der Waals surface area (Å²) in [5.41, 5.74) is 6.40. The van der Waals surface area contributed by atoms with Gasteiger partial charge in [-0.15, -0.1) is 0 Å². The molecule has 142 valence electrons. The van der Waals surface area contributed by atoms with E-state index < -0.39 is 13.2 Å². The average Bonchev–Trinajstić information content (AvgIpc) is 2.53. The van der Waals surface area contributed by atoms with E-state index in [0.29, 0.717) is 26.7 Å². The van der Waals surface area contributed by atoms with Gasteiger partial charge in [0.2, 0.25) is 6.41 Å². The van der Waals surface area contributed by atoms with Gasteiger partial charge in [-0.3, -0.25) is 4.79 Å². The number of hydrogen-bond donors (Lipinski definition) is 2. The Balaban J connectivity index is 0.000000263. The summed E-state index contributed by atoms with van der Waals surface area (Å²) in [5, 5.41) is 2.39. The molecule has 0 heterocycles. The largest absolute Gasteiger partial charge is 0.435 e. The van der Waals surface area contributed by atoms with Crippen LogP contribution in [0.5, 0.6) is 11.5 Å². The first-order valence-electron chi connectivity index (χ1n) is 6.67. The van der Waals surface area contributed by atoms with Crippen LogP contribution < -0.4 is 20.5 Å². The molecule has 0 radical (unpaired) electrons. The number of nitrogens with two attached hydrogens (primary N) is 1. The number of nitrogen functional groups attached to an aromatic ring is 1. The summed E-state index contributed by atoms with van der Waals surface area (Å²) in [6.45, 7) is -5.66. The summed E-state index contributed by atoms with van der Waals surface area (Å²) in [6.07, 6.45) is 0.494. The van der Waals surface area contributed by atoms with Crippen molar-refractivity contribution in [1.82, 2.24) is 0 Å². The maximum absolute atomic E-state index is 11.8. The molecule has 5 nitrogen and oxygen atoms in total. The SMILES string of the molecule is Nc1ccc(OC(F)F)cc1Br.O=CNc1ccc(OC(F)F)cc1Br. The van der Waals surface area contributed by atoms with E-state index in [1.165, 1.54) is 36.4 Å². The summed E-state index contributed by atoms with van der Waals surface area (Å²) in [6, 6.07) is 8.40. The molecule has 2 aromatic rings. The average molecular weight is 504 g/mol. The van der Waals surface area contributed by atoms with Crippen molar-refractivity contribution in [1.29, 1.82) is 0 Å². The molecule has 0 spiro atoms. The minimum Gasteiger partial charge on any atom is -0.435 e. The van der Waals surface area contributed by atoms with E-state index in [0.717, 1.165) is 0 Å². The number of anilines is 2. The molecule has 0 aliphatic carbocycles. The van der Waals surface area contributed by atoms with Crippen molar-refractivity contribution in [3.8, 4) is 11.5 Å². The summed E-state index contributed by atoms with van der Waals surface area (Å²) in [5.74, 6) is 0.120. The van der Waals surface area contributed by atoms with E-state index in [1.807, 2.05) is 0 Å². The highest BCUT2D eigenvalue weighted by molar-refractivity contribution is 9.11. The van der Waals surface area contributed by atoms with Crippen LogP contribution in [0.25, 0.3) is 0 Å². The van der Waals surface area contributed by atoms with Crippen molar-refractivity contribution < 1.29 is 31.8 Å². The second-order valence-corrected chi connectivity index (χ2v) is 6.05. The number of alkyl halides is 4. The smallest absolute Gasteiger partial charge is 0.387 e. The number of ether oxygens (including phenoxy) is 2. The molecule has 0 aliphatic rings. The van der Waals surface area contributed by atoms with Gasteiger partial charge in [0.15, 0.2) is 0 Å². The minimum absolute atomic E-state index is 0.0309. The van der Waals surface area contributed by atoms with Gasteiger partial charge < -0.3 is 20.5 Å². The van der Waals surface area contributed by atoms with Crippen molar-refractivity contribution in [2.45, 2.75) is 13.2 Å². The van der Waals surface area contributed by atoms with Gasteiger partial charge in [0, 0.05) is 14.6 Å². The van der Waals surface area contributed by atoms with Gasteiger partial charge in [-0.25, -0.2) is 0 Å². The molecule has 1 amide bonds. The Morgan fingerprint density at radius 2 is 1.42 bits per heavy atom. The monoisotopic (exact) mass is 502 g/mol. The van der Waals surface area contributed by atoms with E-state index >= 15 is 0 Å². The van der Waals surface area contributed by atoms with E-state index in [1.54, 1.807) is 0 Å². The molecule has 2 rings (SSSR count). The fraction of sp³-hybridized carbons (Fsp3) is 0.133. The van der Waals surface area contributed by atoms with Crippen molar-refractivity contribution >= 4 is 49.6 Å². The van der Waals surface area contributed by atoms with Crippen LogP contribution in [0.1, 0.15) is 0 Å². The lowest BCUT2D eigenvalue weighted by Crippen LogP contribution is -2.02. The van der Waals surface area contributed by atoms with Crippen LogP contribution in [0.3, 0.4) is 0 Å². The summed E-state index contributed by atoms with van der Waals surface area (Å²) in [4.78, 5) is 10.1. The standard InChI is InChI=1S/C8H6BrF2NO2.C7H6BrF2NO/c9-6-3-5(14-8(10)11)1-2-7(6)12-4-13;8-5-3-4(12-7(9)10)1-2-6(5)11/h1-4,8H,(H,12,13);1-3,7H,11H2. The Kier molecular flexibility index (Phi) is 9.21. The van der Waals surface area contributed by atoms with Crippen molar-refractivity contribution in [3.63, 3.8) is 0 Å². The molecule has 0 saturated heterocycles. The zero-order valence-corrected chi connectivity index (χ0v) is 15.9. The molecule has 0 fully saturated rings. The second kappa shape index (κ2) is 10.9. The summed E-state index contributed by atoms with van der Waals surface area (Å²) < 4.78 is 56.2. The van der Waals surface area contributed by atoms with Gasteiger partial charge in [-0.2, -0.15) is 17.6 Å². The molecular weight excluding hydrogens is 492 g/mol. The van der Waals surface area contributed by atoms with Gasteiger partial charge in [0.05, 0.1) is 5.69 Å². The number of amides is 1. The highest BCUT2D eigenvalue weighted by Crippen LogP contribution is 2.27. The molecule has 0 aromatic heterocycles. The molecule has 26 heavy (non-hydrogen) atoms. The molecule has 0 bridgehead atoms. The number of rotatable bonds is 6. The molecule has 0 aliphatic heterocycles. The first kappa shape index (κ1) is 22.0. The van der Waals surface area contributed by atoms with Gasteiger partial charge >= 0.3 is 13.2 Å². The first-order valence-corrected chi connectivity index (χ1v) is 8.26. The maximum atomic E-state index is 11.8. The third-order valence-electron chi connectivity index (χ3n) is 2.58. The van der Waals surface area contributed by atoms with Gasteiger partial charge in [-0.1, -0.05) is 0 Å². The molecule has 0 atom stereocenters. The fourth-order valence-electron chi connectivity index (χ4n) is 1.54. The predicted octanol–water partition coefficient (Wildman–Crippen LogP) is 5.25. The van der Waals surface area contributed by atoms with Crippen molar-refractivity contribution in [3.05, 3.63) is 45.3 Å². The number of halogens is 6. The predicted molar refractivity (Wildman–Crippen MR) is 95.6 cm³/mol. The van der Waals surface area contributed by atoms with Gasteiger partial charge in [0.25, 0.3) is 0 Å². The summed E-state index contributed by atoms with van der Waals surface area (Å²) >= 11 is 6.18. The Morgan fingerprint density at radius 3 is 1.85 bits per heavy atom. The molecule has 3 N–H and O–H groups in total. The van der Waals surface area contributed by atoms with E-state index in [9.17, 15) is 22.4 Å². The van der Waals surface area contributed by atoms with Crippen LogP contribution in [0.4, 0.5) is 28.9 Å². The van der Waals surface area contributed by atoms with E-state index in [4.69, 9.17) is 5.73 Å². The number of carbonyl (C=O) groups excluding carboxylic acids is 1. The van der Waals surface area contributed by atoms with Crippen molar-refractivity contribution in [2.75, 3.05) is 11.1 Å². The number of nitrogens with one attached hydrogen (secondary N) is 1. The van der Waals surface area contributed by atoms with Crippen LogP contribution in [0, 0.1) is 0 Å². The molecule has 2 aromatic carbocycles. The van der Waals surface area contributed by atoms with Crippen molar-refractivity contribution in [2.24, 2.45) is 0 Å². The van der Waals surface area contributed by atoms with Crippen LogP contribution in [-0.2, 0) is 4.79 Å². The zero-order valence-electron chi connectivity index (χ0n) is 12.8. The number of benzene rings is 2. The molecular formula is C15H12Br2F4N2O3. The lowest BCUT2D eigenvalue weighted by atomic mass is 10.3. The third kappa shape index (κ3) is 7.91. The number of carbonyl (C=O) groups is 1.